The van der Waals surface area contributed by atoms with Crippen LogP contribution in [0.15, 0.2) is 42.0 Å². The SMILES string of the molecule is CCC(CC)n1cc(-c2nc(C(C=NCC(C)(O)CO)=CN)cn3nccc23)cn1. The van der Waals surface area contributed by atoms with E-state index in [4.69, 9.17) is 10.7 Å². The molecule has 0 aliphatic carbocycles. The Hall–Kier alpha value is -3.04. The maximum Gasteiger partial charge on any atom is 0.104 e. The van der Waals surface area contributed by atoms with Gasteiger partial charge in [0.1, 0.15) is 5.60 Å². The fourth-order valence-electron chi connectivity index (χ4n) is 3.19. The highest BCUT2D eigenvalue weighted by Gasteiger charge is 2.18. The Bertz CT molecular complexity index is 1040. The first-order chi connectivity index (χ1) is 14.4. The summed E-state index contributed by atoms with van der Waals surface area (Å²) in [6.45, 7) is 5.47. The van der Waals surface area contributed by atoms with Crippen molar-refractivity contribution in [1.29, 1.82) is 0 Å². The molecule has 3 heterocycles. The summed E-state index contributed by atoms with van der Waals surface area (Å²) in [5.41, 5.74) is 8.21. The molecule has 3 aromatic heterocycles. The number of nitrogens with zero attached hydrogens (tertiary/aromatic N) is 6. The second-order valence-electron chi connectivity index (χ2n) is 7.56. The molecule has 160 valence electrons. The van der Waals surface area contributed by atoms with Gasteiger partial charge in [-0.15, -0.1) is 0 Å². The lowest BCUT2D eigenvalue weighted by atomic mass is 10.1. The number of nitrogens with two attached hydrogens (primary N) is 1. The topological polar surface area (TPSA) is 127 Å². The van der Waals surface area contributed by atoms with Crippen molar-refractivity contribution >= 4 is 17.3 Å². The molecule has 0 aliphatic heterocycles. The second kappa shape index (κ2) is 9.19. The van der Waals surface area contributed by atoms with Crippen molar-refractivity contribution < 1.29 is 10.2 Å². The summed E-state index contributed by atoms with van der Waals surface area (Å²) in [4.78, 5) is 9.02. The van der Waals surface area contributed by atoms with E-state index >= 15 is 0 Å². The number of hydrogen-bond acceptors (Lipinski definition) is 7. The zero-order chi connectivity index (χ0) is 21.7. The van der Waals surface area contributed by atoms with Crippen LogP contribution in [0.3, 0.4) is 0 Å². The van der Waals surface area contributed by atoms with E-state index in [1.54, 1.807) is 23.1 Å². The molecule has 0 bridgehead atoms. The highest BCUT2D eigenvalue weighted by atomic mass is 16.3. The second-order valence-corrected chi connectivity index (χ2v) is 7.56. The van der Waals surface area contributed by atoms with Crippen LogP contribution in [0, 0.1) is 0 Å². The van der Waals surface area contributed by atoms with Crippen molar-refractivity contribution in [2.45, 2.75) is 45.3 Å². The molecule has 0 fully saturated rings. The average Bonchev–Trinajstić information content (AvgIpc) is 3.41. The average molecular weight is 412 g/mol. The van der Waals surface area contributed by atoms with Gasteiger partial charge in [0, 0.05) is 29.7 Å². The third-order valence-electron chi connectivity index (χ3n) is 5.06. The first-order valence-corrected chi connectivity index (χ1v) is 10.1. The lowest BCUT2D eigenvalue weighted by molar-refractivity contribution is 0.0103. The van der Waals surface area contributed by atoms with Crippen LogP contribution in [0.25, 0.3) is 22.3 Å². The van der Waals surface area contributed by atoms with Gasteiger partial charge in [0.15, 0.2) is 0 Å². The Morgan fingerprint density at radius 3 is 2.73 bits per heavy atom. The van der Waals surface area contributed by atoms with Gasteiger partial charge in [0.25, 0.3) is 0 Å². The summed E-state index contributed by atoms with van der Waals surface area (Å²) in [6.07, 6.45) is 12.3. The number of aromatic nitrogens is 5. The molecular formula is C21H29N7O2. The molecular weight excluding hydrogens is 382 g/mol. The lowest BCUT2D eigenvalue weighted by Gasteiger charge is -2.16. The highest BCUT2D eigenvalue weighted by molar-refractivity contribution is 6.09. The zero-order valence-electron chi connectivity index (χ0n) is 17.6. The molecule has 9 nitrogen and oxygen atoms in total. The van der Waals surface area contributed by atoms with Crippen molar-refractivity contribution in [3.8, 4) is 11.3 Å². The minimum absolute atomic E-state index is 0.0416. The van der Waals surface area contributed by atoms with Gasteiger partial charge in [0.2, 0.25) is 0 Å². The summed E-state index contributed by atoms with van der Waals surface area (Å²) in [6, 6.07) is 2.24. The summed E-state index contributed by atoms with van der Waals surface area (Å²) < 4.78 is 3.72. The minimum Gasteiger partial charge on any atom is -0.404 e. The molecule has 0 aromatic carbocycles. The fraction of sp³-hybridized carbons (Fsp3) is 0.429. The number of rotatable bonds is 9. The van der Waals surface area contributed by atoms with Gasteiger partial charge in [-0.05, 0) is 25.8 Å². The summed E-state index contributed by atoms with van der Waals surface area (Å²) >= 11 is 0. The summed E-state index contributed by atoms with van der Waals surface area (Å²) in [7, 11) is 0. The first-order valence-electron chi connectivity index (χ1n) is 10.1. The van der Waals surface area contributed by atoms with Gasteiger partial charge < -0.3 is 15.9 Å². The van der Waals surface area contributed by atoms with Gasteiger partial charge in [-0.25, -0.2) is 9.50 Å². The highest BCUT2D eigenvalue weighted by Crippen LogP contribution is 2.26. The van der Waals surface area contributed by atoms with Crippen LogP contribution in [-0.4, -0.2) is 59.6 Å². The van der Waals surface area contributed by atoms with Gasteiger partial charge in [0.05, 0.1) is 54.7 Å². The molecule has 3 rings (SSSR count). The smallest absolute Gasteiger partial charge is 0.104 e. The Labute approximate surface area is 175 Å². The van der Waals surface area contributed by atoms with E-state index in [1.165, 1.54) is 13.1 Å². The van der Waals surface area contributed by atoms with Gasteiger partial charge >= 0.3 is 0 Å². The molecule has 30 heavy (non-hydrogen) atoms. The third-order valence-corrected chi connectivity index (χ3v) is 5.06. The minimum atomic E-state index is -1.29. The molecule has 9 heteroatoms. The predicted molar refractivity (Wildman–Crippen MR) is 117 cm³/mol. The van der Waals surface area contributed by atoms with E-state index in [0.717, 1.165) is 29.6 Å². The van der Waals surface area contributed by atoms with Crippen LogP contribution in [0.2, 0.25) is 0 Å². The van der Waals surface area contributed by atoms with E-state index < -0.39 is 5.60 Å². The normalized spacial score (nSPS) is 14.8. The van der Waals surface area contributed by atoms with Gasteiger partial charge in [-0.3, -0.25) is 9.67 Å². The molecule has 0 spiro atoms. The number of fused-ring (bicyclic) bond motifs is 1. The maximum atomic E-state index is 9.92. The van der Waals surface area contributed by atoms with E-state index in [2.05, 4.69) is 29.0 Å². The van der Waals surface area contributed by atoms with Crippen LogP contribution < -0.4 is 5.73 Å². The maximum absolute atomic E-state index is 9.92. The molecule has 0 aliphatic rings. The van der Waals surface area contributed by atoms with E-state index in [1.807, 2.05) is 23.1 Å². The van der Waals surface area contributed by atoms with Crippen LogP contribution in [0.4, 0.5) is 0 Å². The summed E-state index contributed by atoms with van der Waals surface area (Å²) in [5.74, 6) is 0. The Balaban J connectivity index is 1.99. The zero-order valence-corrected chi connectivity index (χ0v) is 17.6. The molecule has 0 amide bonds. The predicted octanol–water partition coefficient (Wildman–Crippen LogP) is 2.07. The largest absolute Gasteiger partial charge is 0.404 e. The molecule has 0 saturated carbocycles. The molecule has 0 radical (unpaired) electrons. The Morgan fingerprint density at radius 1 is 1.30 bits per heavy atom. The monoisotopic (exact) mass is 411 g/mol. The van der Waals surface area contributed by atoms with E-state index in [9.17, 15) is 10.2 Å². The number of allylic oxidation sites excluding steroid dienone is 1. The quantitative estimate of drug-likeness (QED) is 0.463. The molecule has 0 saturated heterocycles. The number of aliphatic hydroxyl groups is 2. The first kappa shape index (κ1) is 21.7. The van der Waals surface area contributed by atoms with E-state index in [-0.39, 0.29) is 13.2 Å². The molecule has 1 atom stereocenters. The third kappa shape index (κ3) is 4.58. The standard InChI is InChI=1S/C21H29N7O2/c1-4-17(5-2)27-11-16(10-25-27)20-19-6-7-24-28(19)12-18(26-20)15(8-22)9-23-13-21(3,30)14-29/h6-12,17,29-30H,4-5,13-14,22H2,1-3H3. The van der Waals surface area contributed by atoms with Gasteiger partial charge in [-0.1, -0.05) is 13.8 Å². The van der Waals surface area contributed by atoms with Crippen molar-refractivity contribution in [2.75, 3.05) is 13.2 Å². The molecule has 1 unspecified atom stereocenters. The van der Waals surface area contributed by atoms with E-state index in [0.29, 0.717) is 17.3 Å². The van der Waals surface area contributed by atoms with Crippen molar-refractivity contribution in [3.63, 3.8) is 0 Å². The lowest BCUT2D eigenvalue weighted by Crippen LogP contribution is -2.32. The Morgan fingerprint density at radius 2 is 2.07 bits per heavy atom. The van der Waals surface area contributed by atoms with Gasteiger partial charge in [-0.2, -0.15) is 10.2 Å². The van der Waals surface area contributed by atoms with Crippen LogP contribution in [-0.2, 0) is 0 Å². The number of aliphatic imine (C=N–C) groups is 1. The van der Waals surface area contributed by atoms with Crippen LogP contribution in [0.5, 0.6) is 0 Å². The number of hydrogen-bond donors (Lipinski definition) is 3. The fourth-order valence-corrected chi connectivity index (χ4v) is 3.19. The van der Waals surface area contributed by atoms with Crippen molar-refractivity contribution in [2.24, 2.45) is 10.7 Å². The molecule has 4 N–H and O–H groups in total. The van der Waals surface area contributed by atoms with Crippen LogP contribution >= 0.6 is 0 Å². The Kier molecular flexibility index (Phi) is 6.63. The van der Waals surface area contributed by atoms with Crippen molar-refractivity contribution in [3.05, 3.63) is 42.7 Å². The van der Waals surface area contributed by atoms with Crippen molar-refractivity contribution in [1.82, 2.24) is 24.4 Å². The molecule has 3 aromatic rings. The summed E-state index contributed by atoms with van der Waals surface area (Å²) in [5, 5.41) is 28.0. The van der Waals surface area contributed by atoms with Crippen LogP contribution in [0.1, 0.15) is 45.3 Å². The number of aliphatic hydroxyl groups excluding tert-OH is 1.